The van der Waals surface area contributed by atoms with Crippen LogP contribution in [0.4, 0.5) is 0 Å². The highest BCUT2D eigenvalue weighted by Gasteiger charge is 2.29. The van der Waals surface area contributed by atoms with Crippen LogP contribution in [0.5, 0.6) is 0 Å². The standard InChI is InChI=1S/C25H40O6S2/c1-24(2,19-22(26)27)13-8-15-32(29)17-10-18-33(30)16-9-14-25(3,4)23(28)31-20-21-11-6-5-7-12-21/h5-7,11-12H,8-10,13-20H2,1-4H3,(H,26,27). The molecule has 1 rings (SSSR count). The van der Waals surface area contributed by atoms with Gasteiger partial charge in [-0.05, 0) is 56.9 Å². The normalized spacial score (nSPS) is 13.9. The fourth-order valence-electron chi connectivity index (χ4n) is 3.49. The predicted octanol–water partition coefficient (Wildman–Crippen LogP) is 4.70. The van der Waals surface area contributed by atoms with Crippen molar-refractivity contribution >= 4 is 33.5 Å². The second kappa shape index (κ2) is 14.7. The molecule has 0 heterocycles. The Labute approximate surface area is 203 Å². The molecule has 0 radical (unpaired) electrons. The molecule has 1 aromatic carbocycles. The van der Waals surface area contributed by atoms with E-state index in [1.54, 1.807) is 0 Å². The lowest BCUT2D eigenvalue weighted by Gasteiger charge is -2.22. The van der Waals surface area contributed by atoms with E-state index in [0.717, 1.165) is 18.4 Å². The molecule has 0 amide bonds. The van der Waals surface area contributed by atoms with Gasteiger partial charge in [0, 0.05) is 44.6 Å². The molecule has 188 valence electrons. The molecule has 2 atom stereocenters. The fourth-order valence-corrected chi connectivity index (χ4v) is 5.95. The summed E-state index contributed by atoms with van der Waals surface area (Å²) in [5.74, 6) is 1.04. The third-order valence-electron chi connectivity index (χ3n) is 5.54. The van der Waals surface area contributed by atoms with Crippen LogP contribution in [0.15, 0.2) is 30.3 Å². The topological polar surface area (TPSA) is 97.7 Å². The van der Waals surface area contributed by atoms with Gasteiger partial charge in [0.15, 0.2) is 0 Å². The molecule has 8 heteroatoms. The van der Waals surface area contributed by atoms with Gasteiger partial charge in [0.2, 0.25) is 0 Å². The Morgan fingerprint density at radius 3 is 1.91 bits per heavy atom. The summed E-state index contributed by atoms with van der Waals surface area (Å²) in [6.45, 7) is 7.78. The van der Waals surface area contributed by atoms with Crippen LogP contribution in [-0.2, 0) is 42.5 Å². The Balaban J connectivity index is 2.18. The zero-order valence-electron chi connectivity index (χ0n) is 20.5. The van der Waals surface area contributed by atoms with Crippen LogP contribution in [0.2, 0.25) is 0 Å². The zero-order valence-corrected chi connectivity index (χ0v) is 22.1. The van der Waals surface area contributed by atoms with E-state index in [1.165, 1.54) is 0 Å². The second-order valence-corrected chi connectivity index (χ2v) is 13.3. The molecule has 0 bridgehead atoms. The van der Waals surface area contributed by atoms with Gasteiger partial charge in [0.05, 0.1) is 11.8 Å². The van der Waals surface area contributed by atoms with E-state index in [2.05, 4.69) is 0 Å². The van der Waals surface area contributed by atoms with E-state index in [-0.39, 0.29) is 24.4 Å². The maximum atomic E-state index is 12.4. The Morgan fingerprint density at radius 1 is 0.848 bits per heavy atom. The number of hydrogen-bond acceptors (Lipinski definition) is 5. The molecule has 2 unspecified atom stereocenters. The summed E-state index contributed by atoms with van der Waals surface area (Å²) in [6, 6.07) is 9.55. The highest BCUT2D eigenvalue weighted by atomic mass is 32.2. The SMILES string of the molecule is CC(C)(CCCS(=O)CCCS(=O)CCCC(C)(C)C(=O)OCc1ccccc1)CC(=O)O. The Morgan fingerprint density at radius 2 is 1.36 bits per heavy atom. The first kappa shape index (κ1) is 29.5. The Kier molecular flexibility index (Phi) is 13.1. The number of rotatable bonds is 17. The lowest BCUT2D eigenvalue weighted by atomic mass is 9.85. The average Bonchev–Trinajstić information content (AvgIpc) is 2.71. The van der Waals surface area contributed by atoms with Gasteiger partial charge >= 0.3 is 11.9 Å². The number of carbonyl (C=O) groups is 2. The first-order valence-electron chi connectivity index (χ1n) is 11.5. The monoisotopic (exact) mass is 500 g/mol. The number of ether oxygens (including phenoxy) is 1. The van der Waals surface area contributed by atoms with Crippen molar-refractivity contribution in [3.8, 4) is 0 Å². The number of carbonyl (C=O) groups excluding carboxylic acids is 1. The van der Waals surface area contributed by atoms with Gasteiger partial charge in [-0.3, -0.25) is 18.0 Å². The Bertz CT molecular complexity index is 789. The van der Waals surface area contributed by atoms with E-state index < -0.39 is 33.0 Å². The summed E-state index contributed by atoms with van der Waals surface area (Å²) in [5.41, 5.74) is 0.0258. The summed E-state index contributed by atoms with van der Waals surface area (Å²) in [7, 11) is -1.97. The van der Waals surface area contributed by atoms with Crippen LogP contribution in [0.3, 0.4) is 0 Å². The number of benzene rings is 1. The Hall–Kier alpha value is -1.54. The van der Waals surface area contributed by atoms with Crippen molar-refractivity contribution in [2.24, 2.45) is 10.8 Å². The van der Waals surface area contributed by atoms with E-state index in [0.29, 0.717) is 42.3 Å². The van der Waals surface area contributed by atoms with E-state index in [9.17, 15) is 18.0 Å². The fraction of sp³-hybridized carbons (Fsp3) is 0.680. The van der Waals surface area contributed by atoms with Gasteiger partial charge in [0.25, 0.3) is 0 Å². The number of aliphatic carboxylic acids is 1. The molecule has 0 saturated carbocycles. The van der Waals surface area contributed by atoms with E-state index in [1.807, 2.05) is 58.0 Å². The van der Waals surface area contributed by atoms with Gasteiger partial charge < -0.3 is 9.84 Å². The molecule has 6 nitrogen and oxygen atoms in total. The highest BCUT2D eigenvalue weighted by Crippen LogP contribution is 2.27. The minimum absolute atomic E-state index is 0.111. The van der Waals surface area contributed by atoms with Crippen LogP contribution >= 0.6 is 0 Å². The maximum absolute atomic E-state index is 12.4. The summed E-state index contributed by atoms with van der Waals surface area (Å²) in [4.78, 5) is 23.3. The van der Waals surface area contributed by atoms with Crippen LogP contribution < -0.4 is 0 Å². The minimum Gasteiger partial charge on any atom is -0.481 e. The van der Waals surface area contributed by atoms with Crippen molar-refractivity contribution in [3.05, 3.63) is 35.9 Å². The first-order chi connectivity index (χ1) is 15.4. The van der Waals surface area contributed by atoms with Gasteiger partial charge in [-0.1, -0.05) is 44.2 Å². The molecule has 0 fully saturated rings. The van der Waals surface area contributed by atoms with Crippen molar-refractivity contribution in [1.82, 2.24) is 0 Å². The van der Waals surface area contributed by atoms with Crippen molar-refractivity contribution < 1.29 is 27.9 Å². The van der Waals surface area contributed by atoms with E-state index in [4.69, 9.17) is 9.84 Å². The summed E-state index contributed by atoms with van der Waals surface area (Å²) < 4.78 is 29.9. The lowest BCUT2D eigenvalue weighted by Crippen LogP contribution is -2.27. The summed E-state index contributed by atoms with van der Waals surface area (Å²) >= 11 is 0. The second-order valence-electron chi connectivity index (χ2n) is 9.94. The molecule has 0 saturated heterocycles. The molecule has 1 N–H and O–H groups in total. The highest BCUT2D eigenvalue weighted by molar-refractivity contribution is 7.85. The minimum atomic E-state index is -0.996. The van der Waals surface area contributed by atoms with Crippen LogP contribution in [-0.4, -0.2) is 48.5 Å². The molecule has 0 aromatic heterocycles. The quantitative estimate of drug-likeness (QED) is 0.311. The molecule has 33 heavy (non-hydrogen) atoms. The average molecular weight is 501 g/mol. The number of carboxylic acids is 1. The molecule has 0 aliphatic carbocycles. The number of carboxylic acid groups (broad SMARTS) is 1. The zero-order chi connectivity index (χ0) is 24.9. The van der Waals surface area contributed by atoms with Gasteiger partial charge in [-0.2, -0.15) is 0 Å². The molecule has 0 aliphatic rings. The van der Waals surface area contributed by atoms with Crippen LogP contribution in [0.25, 0.3) is 0 Å². The molecular formula is C25H40O6S2. The lowest BCUT2D eigenvalue weighted by molar-refractivity contribution is -0.155. The largest absolute Gasteiger partial charge is 0.481 e. The number of hydrogen-bond donors (Lipinski definition) is 1. The number of esters is 1. The third-order valence-corrected chi connectivity index (χ3v) is 8.51. The predicted molar refractivity (Wildman–Crippen MR) is 135 cm³/mol. The maximum Gasteiger partial charge on any atom is 0.311 e. The van der Waals surface area contributed by atoms with E-state index >= 15 is 0 Å². The third kappa shape index (κ3) is 13.7. The smallest absolute Gasteiger partial charge is 0.311 e. The van der Waals surface area contributed by atoms with Crippen LogP contribution in [0, 0.1) is 10.8 Å². The van der Waals surface area contributed by atoms with Crippen LogP contribution in [0.1, 0.15) is 71.8 Å². The summed E-state index contributed by atoms with van der Waals surface area (Å²) in [6.07, 6.45) is 3.47. The van der Waals surface area contributed by atoms with Gasteiger partial charge in [-0.25, -0.2) is 0 Å². The molecular weight excluding hydrogens is 460 g/mol. The van der Waals surface area contributed by atoms with Crippen molar-refractivity contribution in [2.45, 2.75) is 72.8 Å². The van der Waals surface area contributed by atoms with Crippen molar-refractivity contribution in [1.29, 1.82) is 0 Å². The molecule has 0 spiro atoms. The van der Waals surface area contributed by atoms with Crippen molar-refractivity contribution in [3.63, 3.8) is 0 Å². The van der Waals surface area contributed by atoms with Gasteiger partial charge in [0.1, 0.15) is 6.61 Å². The summed E-state index contributed by atoms with van der Waals surface area (Å²) in [5, 5.41) is 8.91. The molecule has 0 aliphatic heterocycles. The molecule has 1 aromatic rings. The first-order valence-corrected chi connectivity index (χ1v) is 14.5. The van der Waals surface area contributed by atoms with Gasteiger partial charge in [-0.15, -0.1) is 0 Å². The van der Waals surface area contributed by atoms with Crippen molar-refractivity contribution in [2.75, 3.05) is 23.0 Å².